The molecule has 4 rings (SSSR count). The van der Waals surface area contributed by atoms with Crippen molar-refractivity contribution in [2.24, 2.45) is 34.5 Å². The van der Waals surface area contributed by atoms with Crippen molar-refractivity contribution in [3.63, 3.8) is 0 Å². The molecule has 160 valence electrons. The summed E-state index contributed by atoms with van der Waals surface area (Å²) in [7, 11) is 0. The maximum absolute atomic E-state index is 13.1. The molecule has 1 heterocycles. The lowest BCUT2D eigenvalue weighted by Crippen LogP contribution is -2.60. The summed E-state index contributed by atoms with van der Waals surface area (Å²) >= 11 is 0. The molecule has 0 aromatic carbocycles. The summed E-state index contributed by atoms with van der Waals surface area (Å²) in [5.41, 5.74) is -1.34. The number of nitrogens with one attached hydrogen (secondary N) is 2. The van der Waals surface area contributed by atoms with Crippen LogP contribution in [0.4, 0.5) is 0 Å². The van der Waals surface area contributed by atoms with E-state index in [4.69, 9.17) is 0 Å². The van der Waals surface area contributed by atoms with Crippen LogP contribution in [0.25, 0.3) is 0 Å². The second kappa shape index (κ2) is 6.58. The fourth-order valence-electron chi connectivity index (χ4n) is 7.21. The lowest BCUT2D eigenvalue weighted by atomic mass is 9.48. The van der Waals surface area contributed by atoms with Gasteiger partial charge < -0.3 is 15.7 Å². The van der Waals surface area contributed by atoms with E-state index in [1.54, 1.807) is 19.9 Å². The highest BCUT2D eigenvalue weighted by atomic mass is 16.4. The van der Waals surface area contributed by atoms with Crippen molar-refractivity contribution in [2.75, 3.05) is 0 Å². The molecule has 1 aliphatic heterocycles. The molecule has 6 nitrogen and oxygen atoms in total. The monoisotopic (exact) mass is 402 g/mol. The van der Waals surface area contributed by atoms with Gasteiger partial charge in [-0.3, -0.25) is 9.59 Å². The normalized spacial score (nSPS) is 43.6. The summed E-state index contributed by atoms with van der Waals surface area (Å²) in [6.45, 7) is 7.64. The molecule has 2 amide bonds. The molecule has 3 aliphatic carbocycles. The number of fused-ring (bicyclic) bond motifs is 5. The molecular formula is C23H34N2O4. The molecule has 0 aromatic rings. The molecule has 6 heteroatoms. The Morgan fingerprint density at radius 3 is 2.55 bits per heavy atom. The smallest absolute Gasteiger partial charge is 0.328 e. The summed E-state index contributed by atoms with van der Waals surface area (Å²) in [4.78, 5) is 36.4. The Kier molecular flexibility index (Phi) is 4.63. The van der Waals surface area contributed by atoms with Crippen molar-refractivity contribution in [2.45, 2.75) is 77.8 Å². The molecular weight excluding hydrogens is 368 g/mol. The van der Waals surface area contributed by atoms with E-state index >= 15 is 0 Å². The average molecular weight is 403 g/mol. The number of carboxylic acids is 1. The van der Waals surface area contributed by atoms with Gasteiger partial charge in [-0.15, -0.1) is 0 Å². The van der Waals surface area contributed by atoms with Crippen molar-refractivity contribution in [1.82, 2.24) is 10.6 Å². The first-order valence-corrected chi connectivity index (χ1v) is 11.0. The molecule has 3 N–H and O–H groups in total. The van der Waals surface area contributed by atoms with Gasteiger partial charge in [0.25, 0.3) is 0 Å². The van der Waals surface area contributed by atoms with Crippen LogP contribution < -0.4 is 10.6 Å². The van der Waals surface area contributed by atoms with E-state index in [1.165, 1.54) is 0 Å². The van der Waals surface area contributed by atoms with Crippen LogP contribution in [0.2, 0.25) is 0 Å². The average Bonchev–Trinajstić information content (AvgIpc) is 2.99. The lowest BCUT2D eigenvalue weighted by Gasteiger charge is -2.58. The predicted molar refractivity (Wildman–Crippen MR) is 109 cm³/mol. The maximum atomic E-state index is 13.1. The molecule has 4 aliphatic rings. The molecule has 29 heavy (non-hydrogen) atoms. The fraction of sp³-hybridized carbons (Fsp3) is 0.783. The number of hydrogen-bond donors (Lipinski definition) is 3. The van der Waals surface area contributed by atoms with Gasteiger partial charge in [-0.25, -0.2) is 4.79 Å². The van der Waals surface area contributed by atoms with E-state index in [0.29, 0.717) is 17.8 Å². The standard InChI is InChI=1S/C23H34N2O4/c1-21(2,20(28)29)25-19(27)16-7-6-14-13-5-8-17-23(4,12-10-18(26)24-17)15(13)9-11-22(14,16)3/h10,12-17H,5-9,11H2,1-4H3,(H,24,26)(H,25,27)(H,28,29)/t13-,14+,15+,16-,17-,22+,23-/m1/s1. The van der Waals surface area contributed by atoms with E-state index in [-0.39, 0.29) is 34.6 Å². The van der Waals surface area contributed by atoms with E-state index in [2.05, 4.69) is 30.6 Å². The third-order valence-electron chi connectivity index (χ3n) is 8.97. The van der Waals surface area contributed by atoms with Crippen LogP contribution in [0.15, 0.2) is 12.2 Å². The largest absolute Gasteiger partial charge is 0.480 e. The lowest BCUT2D eigenvalue weighted by molar-refractivity contribution is -0.148. The highest BCUT2D eigenvalue weighted by molar-refractivity contribution is 5.89. The Morgan fingerprint density at radius 2 is 1.86 bits per heavy atom. The van der Waals surface area contributed by atoms with E-state index in [1.807, 2.05) is 0 Å². The van der Waals surface area contributed by atoms with Crippen LogP contribution in [0.3, 0.4) is 0 Å². The van der Waals surface area contributed by atoms with Gasteiger partial charge in [-0.05, 0) is 81.6 Å². The third-order valence-corrected chi connectivity index (χ3v) is 8.97. The number of carboxylic acid groups (broad SMARTS) is 1. The van der Waals surface area contributed by atoms with Crippen LogP contribution in [-0.4, -0.2) is 34.5 Å². The fourth-order valence-corrected chi connectivity index (χ4v) is 7.21. The molecule has 0 bridgehead atoms. The van der Waals surface area contributed by atoms with Gasteiger partial charge in [0, 0.05) is 17.4 Å². The molecule has 7 atom stereocenters. The quantitative estimate of drug-likeness (QED) is 0.676. The van der Waals surface area contributed by atoms with E-state index in [0.717, 1.165) is 38.5 Å². The molecule has 3 saturated carbocycles. The third kappa shape index (κ3) is 3.01. The minimum absolute atomic E-state index is 0.0101. The van der Waals surface area contributed by atoms with Gasteiger partial charge in [-0.2, -0.15) is 0 Å². The molecule has 0 spiro atoms. The molecule has 0 aromatic heterocycles. The van der Waals surface area contributed by atoms with Crippen molar-refractivity contribution >= 4 is 17.8 Å². The number of amides is 2. The predicted octanol–water partition coefficient (Wildman–Crippen LogP) is 2.88. The van der Waals surface area contributed by atoms with Gasteiger partial charge >= 0.3 is 5.97 Å². The number of carbonyl (C=O) groups is 3. The highest BCUT2D eigenvalue weighted by Gasteiger charge is 2.61. The van der Waals surface area contributed by atoms with Gasteiger partial charge in [0.2, 0.25) is 11.8 Å². The minimum Gasteiger partial charge on any atom is -0.480 e. The van der Waals surface area contributed by atoms with Gasteiger partial charge in [0.05, 0.1) is 0 Å². The molecule has 0 saturated heterocycles. The van der Waals surface area contributed by atoms with E-state index in [9.17, 15) is 19.5 Å². The first kappa shape index (κ1) is 20.4. The van der Waals surface area contributed by atoms with Crippen molar-refractivity contribution in [3.05, 3.63) is 12.2 Å². The number of hydrogen-bond acceptors (Lipinski definition) is 3. The van der Waals surface area contributed by atoms with Crippen LogP contribution in [0.1, 0.15) is 66.2 Å². The Bertz CT molecular complexity index is 775. The summed E-state index contributed by atoms with van der Waals surface area (Å²) in [6.07, 6.45) is 9.82. The van der Waals surface area contributed by atoms with Crippen LogP contribution in [0.5, 0.6) is 0 Å². The number of rotatable bonds is 3. The van der Waals surface area contributed by atoms with E-state index < -0.39 is 11.5 Å². The van der Waals surface area contributed by atoms with Crippen molar-refractivity contribution in [1.29, 1.82) is 0 Å². The maximum Gasteiger partial charge on any atom is 0.328 e. The summed E-state index contributed by atoms with van der Waals surface area (Å²) in [5, 5.41) is 15.4. The van der Waals surface area contributed by atoms with Gasteiger partial charge in [-0.1, -0.05) is 19.9 Å². The minimum atomic E-state index is -1.25. The Balaban J connectivity index is 1.56. The van der Waals surface area contributed by atoms with Gasteiger partial charge in [0.15, 0.2) is 0 Å². The first-order valence-electron chi connectivity index (χ1n) is 11.0. The zero-order chi connectivity index (χ0) is 21.2. The van der Waals surface area contributed by atoms with Crippen molar-refractivity contribution < 1.29 is 19.5 Å². The second-order valence-electron chi connectivity index (χ2n) is 10.8. The first-order chi connectivity index (χ1) is 13.5. The summed E-state index contributed by atoms with van der Waals surface area (Å²) in [5.74, 6) is 0.337. The highest BCUT2D eigenvalue weighted by Crippen LogP contribution is 2.65. The Morgan fingerprint density at radius 1 is 1.14 bits per heavy atom. The summed E-state index contributed by atoms with van der Waals surface area (Å²) < 4.78 is 0. The number of carbonyl (C=O) groups excluding carboxylic acids is 2. The Hall–Kier alpha value is -1.85. The van der Waals surface area contributed by atoms with Crippen LogP contribution in [-0.2, 0) is 14.4 Å². The second-order valence-corrected chi connectivity index (χ2v) is 10.8. The molecule has 3 fully saturated rings. The van der Waals surface area contributed by atoms with Crippen LogP contribution in [0, 0.1) is 34.5 Å². The molecule has 0 radical (unpaired) electrons. The summed E-state index contributed by atoms with van der Waals surface area (Å²) in [6, 6.07) is 0.211. The van der Waals surface area contributed by atoms with Gasteiger partial charge in [0.1, 0.15) is 5.54 Å². The topological polar surface area (TPSA) is 95.5 Å². The SMILES string of the molecule is CC(C)(NC(=O)[C@H]1CC[C@H]2[C@H]3CC[C@H]4NC(=O)C=C[C@]4(C)[C@H]3CC[C@]12C)C(=O)O. The molecule has 0 unspecified atom stereocenters. The zero-order valence-electron chi connectivity index (χ0n) is 18.0. The zero-order valence-corrected chi connectivity index (χ0v) is 18.0. The van der Waals surface area contributed by atoms with Crippen molar-refractivity contribution in [3.8, 4) is 0 Å². The van der Waals surface area contributed by atoms with Crippen LogP contribution >= 0.6 is 0 Å². The Labute approximate surface area is 172 Å². The number of aliphatic carboxylic acids is 1.